The van der Waals surface area contributed by atoms with E-state index in [1.165, 1.54) is 0 Å². The smallest absolute Gasteiger partial charge is 0.221 e. The van der Waals surface area contributed by atoms with Gasteiger partial charge in [0.05, 0.1) is 6.04 Å². The number of likely N-dealkylation sites (N-methyl/N-ethyl adjacent to an activating group) is 1. The number of rotatable bonds is 7. The quantitative estimate of drug-likeness (QED) is 0.809. The zero-order valence-electron chi connectivity index (χ0n) is 13.9. The second-order valence-electron chi connectivity index (χ2n) is 6.72. The molecule has 1 atom stereocenters. The molecule has 0 fully saturated rings. The summed E-state index contributed by atoms with van der Waals surface area (Å²) in [5.74, 6) is 0.0856. The van der Waals surface area contributed by atoms with Crippen molar-refractivity contribution in [2.75, 3.05) is 27.2 Å². The van der Waals surface area contributed by atoms with Crippen LogP contribution >= 0.6 is 0 Å². The molecule has 0 heterocycles. The minimum absolute atomic E-state index is 0.0309. The topological polar surface area (TPSA) is 44.4 Å². The van der Waals surface area contributed by atoms with Gasteiger partial charge < -0.3 is 15.5 Å². The van der Waals surface area contributed by atoms with Gasteiger partial charge in [-0.05, 0) is 40.4 Å². The molecule has 2 N–H and O–H groups in total. The van der Waals surface area contributed by atoms with Crippen molar-refractivity contribution in [3.8, 4) is 0 Å². The Balaban J connectivity index is 2.55. The fraction of sp³-hybridized carbons (Fsp3) is 0.588. The first-order valence-corrected chi connectivity index (χ1v) is 7.52. The van der Waals surface area contributed by atoms with Crippen LogP contribution in [0.15, 0.2) is 30.3 Å². The summed E-state index contributed by atoms with van der Waals surface area (Å²) in [7, 11) is 4.03. The summed E-state index contributed by atoms with van der Waals surface area (Å²) in [6.07, 6.45) is 0.494. The normalized spacial score (nSPS) is 13.2. The van der Waals surface area contributed by atoms with E-state index in [4.69, 9.17) is 0 Å². The maximum absolute atomic E-state index is 12.1. The molecule has 1 rings (SSSR count). The third-order valence-electron chi connectivity index (χ3n) is 3.09. The van der Waals surface area contributed by atoms with E-state index >= 15 is 0 Å². The van der Waals surface area contributed by atoms with Crippen molar-refractivity contribution in [1.82, 2.24) is 15.5 Å². The van der Waals surface area contributed by atoms with Crippen molar-refractivity contribution in [3.05, 3.63) is 35.9 Å². The maximum atomic E-state index is 12.1. The van der Waals surface area contributed by atoms with Gasteiger partial charge in [0.15, 0.2) is 0 Å². The van der Waals surface area contributed by atoms with Crippen molar-refractivity contribution in [3.63, 3.8) is 0 Å². The number of hydrogen-bond acceptors (Lipinski definition) is 3. The molecule has 0 radical (unpaired) electrons. The average molecular weight is 291 g/mol. The van der Waals surface area contributed by atoms with E-state index < -0.39 is 0 Å². The molecule has 0 saturated heterocycles. The Labute approximate surface area is 128 Å². The van der Waals surface area contributed by atoms with Crippen LogP contribution in [0.5, 0.6) is 0 Å². The molecular weight excluding hydrogens is 262 g/mol. The van der Waals surface area contributed by atoms with Crippen molar-refractivity contribution in [1.29, 1.82) is 0 Å². The average Bonchev–Trinajstić information content (AvgIpc) is 2.37. The molecule has 0 spiro atoms. The van der Waals surface area contributed by atoms with Gasteiger partial charge in [0.25, 0.3) is 0 Å². The van der Waals surface area contributed by atoms with Gasteiger partial charge in [-0.3, -0.25) is 4.79 Å². The summed E-state index contributed by atoms with van der Waals surface area (Å²) in [6.45, 7) is 7.79. The molecule has 1 amide bonds. The van der Waals surface area contributed by atoms with Crippen molar-refractivity contribution in [2.24, 2.45) is 0 Å². The Morgan fingerprint density at radius 2 is 1.81 bits per heavy atom. The lowest BCUT2D eigenvalue weighted by molar-refractivity contribution is -0.121. The van der Waals surface area contributed by atoms with Gasteiger partial charge in [-0.2, -0.15) is 0 Å². The summed E-state index contributed by atoms with van der Waals surface area (Å²) >= 11 is 0. The molecule has 1 unspecified atom stereocenters. The summed E-state index contributed by atoms with van der Waals surface area (Å²) < 4.78 is 0. The lowest BCUT2D eigenvalue weighted by atomic mass is 10.1. The molecule has 0 aliphatic rings. The van der Waals surface area contributed by atoms with Crippen LogP contribution in [0, 0.1) is 0 Å². The third kappa shape index (κ3) is 7.83. The molecule has 4 nitrogen and oxygen atoms in total. The molecule has 1 aromatic rings. The van der Waals surface area contributed by atoms with Gasteiger partial charge in [0.1, 0.15) is 0 Å². The third-order valence-corrected chi connectivity index (χ3v) is 3.09. The molecule has 1 aromatic carbocycles. The molecule has 0 aliphatic heterocycles. The predicted octanol–water partition coefficient (Wildman–Crippen LogP) is 2.18. The number of nitrogens with one attached hydrogen (secondary N) is 2. The second-order valence-corrected chi connectivity index (χ2v) is 6.72. The molecule has 21 heavy (non-hydrogen) atoms. The summed E-state index contributed by atoms with van der Waals surface area (Å²) in [4.78, 5) is 14.2. The Kier molecular flexibility index (Phi) is 6.85. The fourth-order valence-electron chi connectivity index (χ4n) is 2.10. The van der Waals surface area contributed by atoms with E-state index in [0.717, 1.165) is 12.1 Å². The van der Waals surface area contributed by atoms with Crippen molar-refractivity contribution < 1.29 is 4.79 Å². The first kappa shape index (κ1) is 17.7. The van der Waals surface area contributed by atoms with Gasteiger partial charge in [-0.25, -0.2) is 0 Å². The van der Waals surface area contributed by atoms with Crippen LogP contribution in [0.25, 0.3) is 0 Å². The Hall–Kier alpha value is -1.39. The minimum Gasteiger partial charge on any atom is -0.348 e. The summed E-state index contributed by atoms with van der Waals surface area (Å²) in [5.41, 5.74) is 1.19. The molecule has 0 aromatic heterocycles. The zero-order chi connectivity index (χ0) is 15.9. The fourth-order valence-corrected chi connectivity index (χ4v) is 2.10. The van der Waals surface area contributed by atoms with Gasteiger partial charge in [-0.15, -0.1) is 0 Å². The lowest BCUT2D eigenvalue weighted by Gasteiger charge is -2.24. The van der Waals surface area contributed by atoms with Gasteiger partial charge in [0, 0.05) is 25.0 Å². The molecular formula is C17H29N3O. The molecule has 0 bridgehead atoms. The Bertz CT molecular complexity index is 423. The highest BCUT2D eigenvalue weighted by Gasteiger charge is 2.16. The molecule has 118 valence electrons. The van der Waals surface area contributed by atoms with Crippen LogP contribution in [0.3, 0.4) is 0 Å². The monoisotopic (exact) mass is 291 g/mol. The number of carbonyl (C=O) groups excluding carboxylic acids is 1. The van der Waals surface area contributed by atoms with Crippen LogP contribution in [0.1, 0.15) is 38.8 Å². The molecule has 4 heteroatoms. The zero-order valence-corrected chi connectivity index (χ0v) is 13.9. The van der Waals surface area contributed by atoms with Crippen LogP contribution in [-0.2, 0) is 4.79 Å². The van der Waals surface area contributed by atoms with Gasteiger partial charge >= 0.3 is 0 Å². The van der Waals surface area contributed by atoms with E-state index in [2.05, 4.69) is 48.4 Å². The van der Waals surface area contributed by atoms with Crippen molar-refractivity contribution in [2.45, 2.75) is 38.8 Å². The molecule has 0 saturated carbocycles. The highest BCUT2D eigenvalue weighted by atomic mass is 16.1. The van der Waals surface area contributed by atoms with E-state index in [1.807, 2.05) is 32.3 Å². The maximum Gasteiger partial charge on any atom is 0.221 e. The van der Waals surface area contributed by atoms with E-state index in [9.17, 15) is 4.79 Å². The minimum atomic E-state index is 0.0309. The SMILES string of the molecule is CN(C)CC(NC(=O)CCNC(C)(C)C)c1ccccc1. The number of benzene rings is 1. The number of hydrogen-bond donors (Lipinski definition) is 2. The van der Waals surface area contributed by atoms with E-state index in [1.54, 1.807) is 0 Å². The Morgan fingerprint density at radius 3 is 2.33 bits per heavy atom. The summed E-state index contributed by atoms with van der Waals surface area (Å²) in [6, 6.07) is 10.1. The van der Waals surface area contributed by atoms with E-state index in [-0.39, 0.29) is 17.5 Å². The first-order chi connectivity index (χ1) is 9.78. The Morgan fingerprint density at radius 1 is 1.19 bits per heavy atom. The number of carbonyl (C=O) groups is 1. The molecule has 0 aliphatic carbocycles. The lowest BCUT2D eigenvalue weighted by Crippen LogP contribution is -2.40. The highest BCUT2D eigenvalue weighted by Crippen LogP contribution is 2.13. The first-order valence-electron chi connectivity index (χ1n) is 7.52. The van der Waals surface area contributed by atoms with Gasteiger partial charge in [-0.1, -0.05) is 30.3 Å². The predicted molar refractivity (Wildman–Crippen MR) is 88.3 cm³/mol. The van der Waals surface area contributed by atoms with Crippen LogP contribution < -0.4 is 10.6 Å². The number of nitrogens with zero attached hydrogens (tertiary/aromatic N) is 1. The summed E-state index contributed by atoms with van der Waals surface area (Å²) in [5, 5.41) is 6.47. The largest absolute Gasteiger partial charge is 0.348 e. The van der Waals surface area contributed by atoms with Crippen LogP contribution in [0.4, 0.5) is 0 Å². The van der Waals surface area contributed by atoms with Crippen LogP contribution in [-0.4, -0.2) is 43.5 Å². The van der Waals surface area contributed by atoms with E-state index in [0.29, 0.717) is 13.0 Å². The standard InChI is InChI=1S/C17H29N3O/c1-17(2,3)18-12-11-16(21)19-15(13-20(4)5)14-9-7-6-8-10-14/h6-10,15,18H,11-13H2,1-5H3,(H,19,21). The number of amides is 1. The van der Waals surface area contributed by atoms with Crippen LogP contribution in [0.2, 0.25) is 0 Å². The highest BCUT2D eigenvalue weighted by molar-refractivity contribution is 5.76. The second kappa shape index (κ2) is 8.15. The van der Waals surface area contributed by atoms with Crippen molar-refractivity contribution >= 4 is 5.91 Å². The van der Waals surface area contributed by atoms with Gasteiger partial charge in [0.2, 0.25) is 5.91 Å².